The molecule has 0 bridgehead atoms. The average molecular weight is 457 g/mol. The number of sulfonamides is 1. The van der Waals surface area contributed by atoms with Crippen molar-refractivity contribution in [2.24, 2.45) is 0 Å². The molecule has 2 aromatic carbocycles. The van der Waals surface area contributed by atoms with E-state index in [4.69, 9.17) is 23.2 Å². The number of aromatic nitrogens is 3. The molecule has 0 fully saturated rings. The van der Waals surface area contributed by atoms with Gasteiger partial charge in [0.15, 0.2) is 11.0 Å². The molecule has 144 valence electrons. The topological polar surface area (TPSA) is 76.9 Å². The van der Waals surface area contributed by atoms with Crippen molar-refractivity contribution in [2.75, 3.05) is 4.72 Å². The van der Waals surface area contributed by atoms with Crippen LogP contribution >= 0.6 is 34.5 Å². The molecule has 0 aliphatic rings. The average Bonchev–Trinajstić information content (AvgIpc) is 3.24. The molecule has 6 nitrogen and oxygen atoms in total. The summed E-state index contributed by atoms with van der Waals surface area (Å²) in [6, 6.07) is 7.54. The standard InChI is InChI=1S/C17H11Cl2FN4O2S2/c1-9-2-3-13-10(4-9)17(19)22-24(13)14-6-12(20)15(5-11(14)18)28(25,26)23-16-7-27-8-21-16/h2-8,23H,1H3. The largest absolute Gasteiger partial charge is 0.266 e. The maximum absolute atomic E-state index is 14.7. The Labute approximate surface area is 173 Å². The van der Waals surface area contributed by atoms with Crippen molar-refractivity contribution >= 4 is 61.3 Å². The summed E-state index contributed by atoms with van der Waals surface area (Å²) in [4.78, 5) is 3.24. The molecule has 0 saturated carbocycles. The number of anilines is 1. The Morgan fingerprint density at radius 2 is 2.00 bits per heavy atom. The molecule has 0 aliphatic carbocycles. The molecule has 0 aliphatic heterocycles. The minimum atomic E-state index is -4.20. The highest BCUT2D eigenvalue weighted by Crippen LogP contribution is 2.32. The third kappa shape index (κ3) is 3.35. The van der Waals surface area contributed by atoms with Crippen LogP contribution in [0.25, 0.3) is 16.6 Å². The zero-order valence-electron chi connectivity index (χ0n) is 14.1. The molecule has 0 atom stereocenters. The summed E-state index contributed by atoms with van der Waals surface area (Å²) in [5.74, 6) is -0.876. The van der Waals surface area contributed by atoms with E-state index < -0.39 is 20.7 Å². The van der Waals surface area contributed by atoms with Gasteiger partial charge in [0.1, 0.15) is 10.7 Å². The monoisotopic (exact) mass is 456 g/mol. The number of benzene rings is 2. The van der Waals surface area contributed by atoms with Gasteiger partial charge in [-0.3, -0.25) is 4.72 Å². The SMILES string of the molecule is Cc1ccc2c(c1)c(Cl)nn2-c1cc(F)c(S(=O)(=O)Nc2cscn2)cc1Cl. The van der Waals surface area contributed by atoms with Crippen LogP contribution in [0.5, 0.6) is 0 Å². The Kier molecular flexibility index (Phi) is 4.78. The van der Waals surface area contributed by atoms with Gasteiger partial charge >= 0.3 is 0 Å². The predicted molar refractivity (Wildman–Crippen MR) is 109 cm³/mol. The molecule has 11 heteroatoms. The van der Waals surface area contributed by atoms with Crippen LogP contribution in [0.4, 0.5) is 10.2 Å². The van der Waals surface area contributed by atoms with E-state index in [-0.39, 0.29) is 21.7 Å². The van der Waals surface area contributed by atoms with Crippen LogP contribution in [0.1, 0.15) is 5.56 Å². The maximum Gasteiger partial charge on any atom is 0.266 e. The molecule has 4 rings (SSSR count). The quantitative estimate of drug-likeness (QED) is 0.466. The molecule has 2 heterocycles. The summed E-state index contributed by atoms with van der Waals surface area (Å²) in [5, 5.41) is 6.62. The van der Waals surface area contributed by atoms with Crippen LogP contribution in [0.2, 0.25) is 10.2 Å². The molecule has 0 radical (unpaired) electrons. The van der Waals surface area contributed by atoms with Crippen LogP contribution in [0.3, 0.4) is 0 Å². The van der Waals surface area contributed by atoms with Crippen molar-refractivity contribution in [2.45, 2.75) is 11.8 Å². The molecule has 1 N–H and O–H groups in total. The molecular weight excluding hydrogens is 446 g/mol. The van der Waals surface area contributed by atoms with Crippen molar-refractivity contribution < 1.29 is 12.8 Å². The fourth-order valence-electron chi connectivity index (χ4n) is 2.72. The summed E-state index contributed by atoms with van der Waals surface area (Å²) in [6.07, 6.45) is 0. The Bertz CT molecular complexity index is 1300. The summed E-state index contributed by atoms with van der Waals surface area (Å²) < 4.78 is 43.3. The number of hydrogen-bond acceptors (Lipinski definition) is 5. The van der Waals surface area contributed by atoms with E-state index in [1.54, 1.807) is 6.07 Å². The van der Waals surface area contributed by atoms with Crippen molar-refractivity contribution in [1.82, 2.24) is 14.8 Å². The van der Waals surface area contributed by atoms with Crippen LogP contribution in [-0.4, -0.2) is 23.2 Å². The van der Waals surface area contributed by atoms with Crippen molar-refractivity contribution in [3.63, 3.8) is 0 Å². The van der Waals surface area contributed by atoms with Gasteiger partial charge in [-0.2, -0.15) is 5.10 Å². The van der Waals surface area contributed by atoms with E-state index in [0.717, 1.165) is 17.7 Å². The molecule has 0 amide bonds. The smallest absolute Gasteiger partial charge is 0.263 e. The molecule has 28 heavy (non-hydrogen) atoms. The predicted octanol–water partition coefficient (Wildman–Crippen LogP) is 5.04. The highest BCUT2D eigenvalue weighted by molar-refractivity contribution is 7.92. The van der Waals surface area contributed by atoms with Gasteiger partial charge in [0.2, 0.25) is 0 Å². The second kappa shape index (κ2) is 7.00. The fourth-order valence-corrected chi connectivity index (χ4v) is 4.90. The van der Waals surface area contributed by atoms with Gasteiger partial charge in [-0.1, -0.05) is 34.8 Å². The van der Waals surface area contributed by atoms with Crippen molar-refractivity contribution in [1.29, 1.82) is 0 Å². The van der Waals surface area contributed by atoms with E-state index in [1.165, 1.54) is 26.9 Å². The first kappa shape index (κ1) is 19.1. The summed E-state index contributed by atoms with van der Waals surface area (Å²) in [7, 11) is -4.20. The minimum absolute atomic E-state index is 0.00157. The lowest BCUT2D eigenvalue weighted by Crippen LogP contribution is -2.15. The molecule has 4 aromatic rings. The second-order valence-corrected chi connectivity index (χ2v) is 9.07. The highest BCUT2D eigenvalue weighted by Gasteiger charge is 2.24. The summed E-state index contributed by atoms with van der Waals surface area (Å²) in [6.45, 7) is 1.91. The number of nitrogens with one attached hydrogen (secondary N) is 1. The van der Waals surface area contributed by atoms with E-state index in [2.05, 4.69) is 14.8 Å². The minimum Gasteiger partial charge on any atom is -0.263 e. The third-order valence-electron chi connectivity index (χ3n) is 3.98. The van der Waals surface area contributed by atoms with Crippen LogP contribution in [0, 0.1) is 12.7 Å². The normalized spacial score (nSPS) is 11.9. The molecule has 0 spiro atoms. The molecule has 0 saturated heterocycles. The third-order valence-corrected chi connectivity index (χ3v) is 6.52. The first-order valence-electron chi connectivity index (χ1n) is 7.81. The lowest BCUT2D eigenvalue weighted by molar-refractivity contribution is 0.569. The van der Waals surface area contributed by atoms with Crippen molar-refractivity contribution in [3.8, 4) is 5.69 Å². The summed E-state index contributed by atoms with van der Waals surface area (Å²) in [5.41, 5.74) is 3.24. The Hall–Kier alpha value is -2.20. The number of fused-ring (bicyclic) bond motifs is 1. The van der Waals surface area contributed by atoms with E-state index in [0.29, 0.717) is 10.9 Å². The van der Waals surface area contributed by atoms with Gasteiger partial charge in [-0.15, -0.1) is 11.3 Å². The zero-order chi connectivity index (χ0) is 20.1. The van der Waals surface area contributed by atoms with Gasteiger partial charge in [0.05, 0.1) is 21.7 Å². The maximum atomic E-state index is 14.7. The Morgan fingerprint density at radius 3 is 2.71 bits per heavy atom. The number of thiazole rings is 1. The highest BCUT2D eigenvalue weighted by atomic mass is 35.5. The van der Waals surface area contributed by atoms with E-state index in [9.17, 15) is 12.8 Å². The van der Waals surface area contributed by atoms with Crippen LogP contribution in [0.15, 0.2) is 46.1 Å². The first-order chi connectivity index (χ1) is 13.3. The molecular formula is C17H11Cl2FN4O2S2. The molecule has 0 unspecified atom stereocenters. The van der Waals surface area contributed by atoms with Crippen LogP contribution in [-0.2, 0) is 10.0 Å². The first-order valence-corrected chi connectivity index (χ1v) is 11.0. The van der Waals surface area contributed by atoms with Gasteiger partial charge in [0, 0.05) is 16.8 Å². The lowest BCUT2D eigenvalue weighted by atomic mass is 10.2. The number of rotatable bonds is 4. The number of nitrogens with zero attached hydrogens (tertiary/aromatic N) is 3. The van der Waals surface area contributed by atoms with Gasteiger partial charge in [-0.25, -0.2) is 22.5 Å². The fraction of sp³-hybridized carbons (Fsp3) is 0.0588. The van der Waals surface area contributed by atoms with Crippen molar-refractivity contribution in [3.05, 3.63) is 62.8 Å². The number of aryl methyl sites for hydroxylation is 1. The number of halogens is 3. The van der Waals surface area contributed by atoms with Gasteiger partial charge < -0.3 is 0 Å². The van der Waals surface area contributed by atoms with Crippen LogP contribution < -0.4 is 4.72 Å². The van der Waals surface area contributed by atoms with E-state index in [1.807, 2.05) is 19.1 Å². The van der Waals surface area contributed by atoms with Gasteiger partial charge in [0.25, 0.3) is 10.0 Å². The Morgan fingerprint density at radius 1 is 1.21 bits per heavy atom. The second-order valence-electron chi connectivity index (χ2n) is 5.94. The van der Waals surface area contributed by atoms with Gasteiger partial charge in [-0.05, 0) is 25.1 Å². The van der Waals surface area contributed by atoms with E-state index >= 15 is 0 Å². The molecule has 2 aromatic heterocycles. The Balaban J connectivity index is 1.83. The lowest BCUT2D eigenvalue weighted by Gasteiger charge is -2.11. The number of hydrogen-bond donors (Lipinski definition) is 1. The zero-order valence-corrected chi connectivity index (χ0v) is 17.3. The summed E-state index contributed by atoms with van der Waals surface area (Å²) >= 11 is 13.7.